The Morgan fingerprint density at radius 1 is 1.14 bits per heavy atom. The Morgan fingerprint density at radius 2 is 1.71 bits per heavy atom. The fourth-order valence-corrected chi connectivity index (χ4v) is 2.02. The van der Waals surface area contributed by atoms with Crippen LogP contribution in [0.5, 0.6) is 11.5 Å². The first kappa shape index (κ1) is 17.1. The van der Waals surface area contributed by atoms with Gasteiger partial charge in [-0.25, -0.2) is 0 Å². The van der Waals surface area contributed by atoms with E-state index in [4.69, 9.17) is 21.1 Å². The number of benzene rings is 1. The van der Waals surface area contributed by atoms with Gasteiger partial charge in [-0.1, -0.05) is 11.6 Å². The van der Waals surface area contributed by atoms with Crippen molar-refractivity contribution in [3.05, 3.63) is 17.2 Å². The highest BCUT2D eigenvalue weighted by Gasteiger charge is 2.21. The summed E-state index contributed by atoms with van der Waals surface area (Å²) in [5.41, 5.74) is 0.323. The van der Waals surface area contributed by atoms with Crippen molar-refractivity contribution >= 4 is 29.1 Å². The average Bonchev–Trinajstić information content (AvgIpc) is 2.49. The van der Waals surface area contributed by atoms with E-state index in [9.17, 15) is 9.59 Å². The number of rotatable bonds is 5. The van der Waals surface area contributed by atoms with Crippen LogP contribution in [-0.2, 0) is 9.59 Å². The lowest BCUT2D eigenvalue weighted by atomic mass is 10.2. The molecule has 7 heteroatoms. The Morgan fingerprint density at radius 3 is 2.19 bits per heavy atom. The fourth-order valence-electron chi connectivity index (χ4n) is 1.79. The Kier molecular flexibility index (Phi) is 6.30. The highest BCUT2D eigenvalue weighted by molar-refractivity contribution is 6.39. The molecule has 1 rings (SSSR count). The van der Waals surface area contributed by atoms with E-state index >= 15 is 0 Å². The summed E-state index contributed by atoms with van der Waals surface area (Å²) in [6, 6.07) is 3.02. The van der Waals surface area contributed by atoms with Crippen molar-refractivity contribution in [2.24, 2.45) is 0 Å². The zero-order chi connectivity index (χ0) is 16.0. The first-order valence-corrected chi connectivity index (χ1v) is 6.87. The monoisotopic (exact) mass is 314 g/mol. The zero-order valence-electron chi connectivity index (χ0n) is 12.5. The summed E-state index contributed by atoms with van der Waals surface area (Å²) in [4.78, 5) is 25.4. The minimum absolute atomic E-state index is 0.323. The number of hydrogen-bond acceptors (Lipinski definition) is 4. The lowest BCUT2D eigenvalue weighted by molar-refractivity contribution is -0.142. The molecule has 0 fully saturated rings. The van der Waals surface area contributed by atoms with Gasteiger partial charge in [0, 0.05) is 25.2 Å². The van der Waals surface area contributed by atoms with Crippen LogP contribution in [0.15, 0.2) is 12.1 Å². The van der Waals surface area contributed by atoms with Crippen LogP contribution in [0.3, 0.4) is 0 Å². The third-order valence-corrected chi connectivity index (χ3v) is 3.26. The standard InChI is InChI=1S/C14H19ClN2O4/c1-5-17(6-2)14(19)13(18)16-10-8-11(20-3)9(15)7-12(10)21-4/h7-8H,5-6H2,1-4H3,(H,16,18). The number of amides is 2. The molecule has 0 unspecified atom stereocenters. The number of nitrogens with one attached hydrogen (secondary N) is 1. The van der Waals surface area contributed by atoms with Gasteiger partial charge in [-0.05, 0) is 13.8 Å². The highest BCUT2D eigenvalue weighted by Crippen LogP contribution is 2.35. The zero-order valence-corrected chi connectivity index (χ0v) is 13.3. The van der Waals surface area contributed by atoms with Gasteiger partial charge in [0.25, 0.3) is 0 Å². The van der Waals surface area contributed by atoms with Gasteiger partial charge in [0.15, 0.2) is 0 Å². The first-order chi connectivity index (χ1) is 9.98. The molecule has 0 aromatic heterocycles. The van der Waals surface area contributed by atoms with Crippen LogP contribution in [0.4, 0.5) is 5.69 Å². The van der Waals surface area contributed by atoms with Gasteiger partial charge in [-0.3, -0.25) is 9.59 Å². The van der Waals surface area contributed by atoms with Crippen LogP contribution in [0.2, 0.25) is 5.02 Å². The maximum Gasteiger partial charge on any atom is 0.314 e. The first-order valence-electron chi connectivity index (χ1n) is 6.50. The summed E-state index contributed by atoms with van der Waals surface area (Å²) in [7, 11) is 2.90. The SMILES string of the molecule is CCN(CC)C(=O)C(=O)Nc1cc(OC)c(Cl)cc1OC. The second-order valence-corrected chi connectivity index (χ2v) is 4.53. The third kappa shape index (κ3) is 4.01. The summed E-state index contributed by atoms with van der Waals surface area (Å²) in [6.07, 6.45) is 0. The van der Waals surface area contributed by atoms with Crippen molar-refractivity contribution in [3.8, 4) is 11.5 Å². The molecule has 0 saturated carbocycles. The second-order valence-electron chi connectivity index (χ2n) is 4.12. The van der Waals surface area contributed by atoms with Crippen LogP contribution in [0, 0.1) is 0 Å². The van der Waals surface area contributed by atoms with Crippen molar-refractivity contribution in [1.82, 2.24) is 4.90 Å². The predicted molar refractivity (Wildman–Crippen MR) is 81.1 cm³/mol. The average molecular weight is 315 g/mol. The minimum atomic E-state index is -0.735. The van der Waals surface area contributed by atoms with E-state index in [1.807, 2.05) is 0 Å². The molecule has 1 aromatic carbocycles. The number of carbonyl (C=O) groups is 2. The predicted octanol–water partition coefficient (Wildman–Crippen LogP) is 2.16. The van der Waals surface area contributed by atoms with E-state index in [0.717, 1.165) is 0 Å². The molecular weight excluding hydrogens is 296 g/mol. The maximum absolute atomic E-state index is 12.0. The Hall–Kier alpha value is -1.95. The molecule has 0 saturated heterocycles. The molecule has 0 spiro atoms. The minimum Gasteiger partial charge on any atom is -0.495 e. The van der Waals surface area contributed by atoms with E-state index in [1.54, 1.807) is 13.8 Å². The Bertz CT molecular complexity index is 530. The molecule has 21 heavy (non-hydrogen) atoms. The van der Waals surface area contributed by atoms with Gasteiger partial charge in [-0.15, -0.1) is 0 Å². The van der Waals surface area contributed by atoms with Gasteiger partial charge in [-0.2, -0.15) is 0 Å². The van der Waals surface area contributed by atoms with E-state index in [-0.39, 0.29) is 0 Å². The van der Waals surface area contributed by atoms with Crippen LogP contribution in [0.25, 0.3) is 0 Å². The molecule has 116 valence electrons. The summed E-state index contributed by atoms with van der Waals surface area (Å²) in [6.45, 7) is 4.54. The van der Waals surface area contributed by atoms with Crippen LogP contribution in [0.1, 0.15) is 13.8 Å². The molecule has 0 aliphatic carbocycles. The van der Waals surface area contributed by atoms with Gasteiger partial charge >= 0.3 is 11.8 Å². The molecular formula is C14H19ClN2O4. The van der Waals surface area contributed by atoms with Gasteiger partial charge in [0.05, 0.1) is 24.9 Å². The van der Waals surface area contributed by atoms with Crippen molar-refractivity contribution in [2.45, 2.75) is 13.8 Å². The number of likely N-dealkylation sites (N-methyl/N-ethyl adjacent to an activating group) is 1. The van der Waals surface area contributed by atoms with Gasteiger partial charge in [0.2, 0.25) is 0 Å². The summed E-state index contributed by atoms with van der Waals surface area (Å²) in [5, 5.41) is 2.87. The number of ether oxygens (including phenoxy) is 2. The number of anilines is 1. The molecule has 1 aromatic rings. The Labute approximate surface area is 129 Å². The van der Waals surface area contributed by atoms with E-state index < -0.39 is 11.8 Å². The summed E-state index contributed by atoms with van der Waals surface area (Å²) in [5.74, 6) is -0.609. The van der Waals surface area contributed by atoms with E-state index in [0.29, 0.717) is 35.3 Å². The van der Waals surface area contributed by atoms with Crippen molar-refractivity contribution < 1.29 is 19.1 Å². The highest BCUT2D eigenvalue weighted by atomic mass is 35.5. The molecule has 0 aliphatic heterocycles. The molecule has 0 radical (unpaired) electrons. The smallest absolute Gasteiger partial charge is 0.314 e. The summed E-state index contributed by atoms with van der Waals surface area (Å²) >= 11 is 5.98. The van der Waals surface area contributed by atoms with Gasteiger partial charge < -0.3 is 19.7 Å². The number of carbonyl (C=O) groups excluding carboxylic acids is 2. The fraction of sp³-hybridized carbons (Fsp3) is 0.429. The van der Waals surface area contributed by atoms with E-state index in [2.05, 4.69) is 5.32 Å². The van der Waals surface area contributed by atoms with Crippen molar-refractivity contribution in [3.63, 3.8) is 0 Å². The lowest BCUT2D eigenvalue weighted by Crippen LogP contribution is -2.39. The van der Waals surface area contributed by atoms with E-state index in [1.165, 1.54) is 31.3 Å². The maximum atomic E-state index is 12.0. The van der Waals surface area contributed by atoms with Gasteiger partial charge in [0.1, 0.15) is 11.5 Å². The third-order valence-electron chi connectivity index (χ3n) is 2.97. The Balaban J connectivity index is 3.01. The number of methoxy groups -OCH3 is 2. The molecule has 0 atom stereocenters. The molecule has 6 nitrogen and oxygen atoms in total. The largest absolute Gasteiger partial charge is 0.495 e. The number of nitrogens with zero attached hydrogens (tertiary/aromatic N) is 1. The topological polar surface area (TPSA) is 67.9 Å². The van der Waals surface area contributed by atoms with Crippen molar-refractivity contribution in [2.75, 3.05) is 32.6 Å². The van der Waals surface area contributed by atoms with Crippen LogP contribution in [-0.4, -0.2) is 44.0 Å². The quantitative estimate of drug-likeness (QED) is 0.846. The molecule has 0 bridgehead atoms. The number of halogens is 1. The normalized spacial score (nSPS) is 9.95. The molecule has 0 aliphatic rings. The van der Waals surface area contributed by atoms with Crippen LogP contribution < -0.4 is 14.8 Å². The van der Waals surface area contributed by atoms with Crippen molar-refractivity contribution in [1.29, 1.82) is 0 Å². The molecule has 0 heterocycles. The van der Waals surface area contributed by atoms with Crippen LogP contribution >= 0.6 is 11.6 Å². The second kappa shape index (κ2) is 7.73. The molecule has 2 amide bonds. The molecule has 1 N–H and O–H groups in total. The number of hydrogen-bond donors (Lipinski definition) is 1. The lowest BCUT2D eigenvalue weighted by Gasteiger charge is -2.18. The summed E-state index contributed by atoms with van der Waals surface area (Å²) < 4.78 is 10.2.